The van der Waals surface area contributed by atoms with E-state index in [-0.39, 0.29) is 17.2 Å². The van der Waals surface area contributed by atoms with Gasteiger partial charge < -0.3 is 4.74 Å². The lowest BCUT2D eigenvalue weighted by Crippen LogP contribution is -2.43. The molecule has 176 valence electrons. The van der Waals surface area contributed by atoms with E-state index < -0.39 is 9.84 Å². The molecule has 1 fully saturated rings. The zero-order chi connectivity index (χ0) is 23.4. The molecule has 0 unspecified atom stereocenters. The number of sulfone groups is 1. The van der Waals surface area contributed by atoms with Gasteiger partial charge in [-0.05, 0) is 42.2 Å². The van der Waals surface area contributed by atoms with Crippen molar-refractivity contribution in [2.45, 2.75) is 16.2 Å². The third-order valence-electron chi connectivity index (χ3n) is 5.57. The first kappa shape index (κ1) is 24.2. The fraction of sp³-hybridized carbons (Fsp3) is 0.391. The van der Waals surface area contributed by atoms with E-state index in [9.17, 15) is 13.2 Å². The normalized spacial score (nSPS) is 15.1. The van der Waals surface area contributed by atoms with E-state index in [1.54, 1.807) is 34.9 Å². The van der Waals surface area contributed by atoms with E-state index in [4.69, 9.17) is 4.74 Å². The van der Waals surface area contributed by atoms with Crippen LogP contribution in [-0.2, 0) is 25.8 Å². The number of carbonyl (C=O) groups excluding carboxylic acids is 1. The van der Waals surface area contributed by atoms with Crippen LogP contribution in [0.25, 0.3) is 10.2 Å². The predicted octanol–water partition coefficient (Wildman–Crippen LogP) is 3.33. The van der Waals surface area contributed by atoms with Crippen molar-refractivity contribution in [3.05, 3.63) is 48.0 Å². The minimum Gasteiger partial charge on any atom is -0.379 e. The Balaban J connectivity index is 1.59. The molecule has 0 spiro atoms. The van der Waals surface area contributed by atoms with E-state index in [2.05, 4.69) is 9.88 Å². The minimum absolute atomic E-state index is 0.0254. The van der Waals surface area contributed by atoms with Gasteiger partial charge >= 0.3 is 0 Å². The molecule has 0 bridgehead atoms. The zero-order valence-electron chi connectivity index (χ0n) is 18.7. The number of morpholine rings is 1. The standard InChI is InChI=1S/C23H27N3O4S3/c1-31-18-5-3-17(4-6-18)15-22(27)26(10-9-25-11-13-30-14-12-25)23-24-20-8-7-19(33(2,28)29)16-21(20)32-23/h3-8,16H,9-15H2,1-2H3. The molecule has 1 aromatic heterocycles. The number of hydrogen-bond donors (Lipinski definition) is 0. The van der Waals surface area contributed by atoms with Crippen LogP contribution in [0, 0.1) is 0 Å². The van der Waals surface area contributed by atoms with Gasteiger partial charge in [0.25, 0.3) is 0 Å². The second-order valence-corrected chi connectivity index (χ2v) is 11.8. The van der Waals surface area contributed by atoms with Crippen molar-refractivity contribution in [2.75, 3.05) is 56.8 Å². The first-order valence-electron chi connectivity index (χ1n) is 10.7. The third-order valence-corrected chi connectivity index (χ3v) is 8.46. The molecule has 0 atom stereocenters. The molecule has 1 saturated heterocycles. The van der Waals surface area contributed by atoms with Gasteiger partial charge in [0.15, 0.2) is 15.0 Å². The lowest BCUT2D eigenvalue weighted by atomic mass is 10.1. The van der Waals surface area contributed by atoms with Crippen LogP contribution in [0.5, 0.6) is 0 Å². The number of carbonyl (C=O) groups is 1. The summed E-state index contributed by atoms with van der Waals surface area (Å²) < 4.78 is 30.1. The van der Waals surface area contributed by atoms with Gasteiger partial charge in [-0.1, -0.05) is 23.5 Å². The highest BCUT2D eigenvalue weighted by atomic mass is 32.2. The summed E-state index contributed by atoms with van der Waals surface area (Å²) in [7, 11) is -3.31. The Kier molecular flexibility index (Phi) is 7.70. The predicted molar refractivity (Wildman–Crippen MR) is 134 cm³/mol. The van der Waals surface area contributed by atoms with E-state index in [1.165, 1.54) is 17.6 Å². The Morgan fingerprint density at radius 3 is 2.58 bits per heavy atom. The Labute approximate surface area is 202 Å². The maximum atomic E-state index is 13.4. The van der Waals surface area contributed by atoms with Crippen LogP contribution >= 0.6 is 23.1 Å². The molecule has 2 aromatic carbocycles. The largest absolute Gasteiger partial charge is 0.379 e. The highest BCUT2D eigenvalue weighted by Gasteiger charge is 2.22. The second-order valence-electron chi connectivity index (χ2n) is 7.92. The number of ether oxygens (including phenoxy) is 1. The number of benzene rings is 2. The zero-order valence-corrected chi connectivity index (χ0v) is 21.1. The van der Waals surface area contributed by atoms with Crippen molar-refractivity contribution in [1.29, 1.82) is 0 Å². The molecular weight excluding hydrogens is 478 g/mol. The Morgan fingerprint density at radius 2 is 1.91 bits per heavy atom. The fourth-order valence-corrected chi connectivity index (χ4v) is 5.82. The lowest BCUT2D eigenvalue weighted by Gasteiger charge is -2.29. The SMILES string of the molecule is CSc1ccc(CC(=O)N(CCN2CCOCC2)c2nc3ccc(S(C)(=O)=O)cc3s2)cc1. The maximum Gasteiger partial charge on any atom is 0.233 e. The van der Waals surface area contributed by atoms with Crippen molar-refractivity contribution in [3.63, 3.8) is 0 Å². The van der Waals surface area contributed by atoms with Gasteiger partial charge in [-0.2, -0.15) is 0 Å². The van der Waals surface area contributed by atoms with E-state index in [0.717, 1.165) is 34.8 Å². The average molecular weight is 506 g/mol. The van der Waals surface area contributed by atoms with Gasteiger partial charge in [0.2, 0.25) is 5.91 Å². The van der Waals surface area contributed by atoms with Crippen molar-refractivity contribution in [3.8, 4) is 0 Å². The highest BCUT2D eigenvalue weighted by Crippen LogP contribution is 2.31. The van der Waals surface area contributed by atoms with Crippen LogP contribution in [0.3, 0.4) is 0 Å². The van der Waals surface area contributed by atoms with Crippen molar-refractivity contribution < 1.29 is 17.9 Å². The van der Waals surface area contributed by atoms with Crippen LogP contribution in [0.1, 0.15) is 5.56 Å². The van der Waals surface area contributed by atoms with Crippen LogP contribution in [-0.4, -0.2) is 76.1 Å². The Bertz CT molecular complexity index is 1220. The number of hydrogen-bond acceptors (Lipinski definition) is 8. The van der Waals surface area contributed by atoms with Crippen LogP contribution in [0.4, 0.5) is 5.13 Å². The fourth-order valence-electron chi connectivity index (χ4n) is 3.65. The number of anilines is 1. The maximum absolute atomic E-state index is 13.4. The lowest BCUT2D eigenvalue weighted by molar-refractivity contribution is -0.118. The number of rotatable bonds is 8. The molecule has 33 heavy (non-hydrogen) atoms. The van der Waals surface area contributed by atoms with Crippen molar-refractivity contribution >= 4 is 54.2 Å². The van der Waals surface area contributed by atoms with Gasteiger partial charge in [0.1, 0.15) is 0 Å². The molecule has 1 aliphatic heterocycles. The van der Waals surface area contributed by atoms with Gasteiger partial charge in [-0.25, -0.2) is 13.4 Å². The molecule has 0 N–H and O–H groups in total. The Morgan fingerprint density at radius 1 is 1.18 bits per heavy atom. The van der Waals surface area contributed by atoms with E-state index in [0.29, 0.717) is 30.4 Å². The number of thioether (sulfide) groups is 1. The summed E-state index contributed by atoms with van der Waals surface area (Å²) in [5.41, 5.74) is 1.64. The van der Waals surface area contributed by atoms with Gasteiger partial charge in [0.05, 0.1) is 34.7 Å². The molecule has 4 rings (SSSR count). The molecule has 10 heteroatoms. The highest BCUT2D eigenvalue weighted by molar-refractivity contribution is 7.98. The minimum atomic E-state index is -3.31. The topological polar surface area (TPSA) is 79.8 Å². The summed E-state index contributed by atoms with van der Waals surface area (Å²) >= 11 is 3.02. The quantitative estimate of drug-likeness (QED) is 0.435. The molecule has 3 aromatic rings. The molecule has 0 radical (unpaired) electrons. The first-order chi connectivity index (χ1) is 15.8. The summed E-state index contributed by atoms with van der Waals surface area (Å²) in [6, 6.07) is 12.9. The number of nitrogens with zero attached hydrogens (tertiary/aromatic N) is 3. The molecule has 0 aliphatic carbocycles. The van der Waals surface area contributed by atoms with Gasteiger partial charge in [-0.3, -0.25) is 14.6 Å². The summed E-state index contributed by atoms with van der Waals surface area (Å²) in [4.78, 5) is 23.5. The van der Waals surface area contributed by atoms with Crippen molar-refractivity contribution in [2.24, 2.45) is 0 Å². The molecule has 1 aliphatic rings. The number of fused-ring (bicyclic) bond motifs is 1. The Hall–Kier alpha value is -1.98. The number of thiazole rings is 1. The number of amides is 1. The van der Waals surface area contributed by atoms with E-state index >= 15 is 0 Å². The molecule has 7 nitrogen and oxygen atoms in total. The molecule has 1 amide bonds. The molecule has 0 saturated carbocycles. The smallest absolute Gasteiger partial charge is 0.233 e. The second kappa shape index (κ2) is 10.5. The molecule has 2 heterocycles. The number of aromatic nitrogens is 1. The van der Waals surface area contributed by atoms with E-state index in [1.807, 2.05) is 30.5 Å². The van der Waals surface area contributed by atoms with Gasteiger partial charge in [0, 0.05) is 37.3 Å². The summed E-state index contributed by atoms with van der Waals surface area (Å²) in [6.45, 7) is 4.33. The van der Waals surface area contributed by atoms with Crippen LogP contribution in [0.15, 0.2) is 52.3 Å². The average Bonchev–Trinajstić information content (AvgIpc) is 3.23. The monoisotopic (exact) mass is 505 g/mol. The summed E-state index contributed by atoms with van der Waals surface area (Å²) in [6.07, 6.45) is 3.49. The van der Waals surface area contributed by atoms with Crippen LogP contribution < -0.4 is 4.90 Å². The summed E-state index contributed by atoms with van der Waals surface area (Å²) in [5, 5.41) is 0.592. The van der Waals surface area contributed by atoms with Crippen LogP contribution in [0.2, 0.25) is 0 Å². The molecular formula is C23H27N3O4S3. The summed E-state index contributed by atoms with van der Waals surface area (Å²) in [5.74, 6) is -0.0254. The third kappa shape index (κ3) is 6.13. The van der Waals surface area contributed by atoms with Crippen molar-refractivity contribution in [1.82, 2.24) is 9.88 Å². The first-order valence-corrected chi connectivity index (χ1v) is 14.6. The van der Waals surface area contributed by atoms with Gasteiger partial charge in [-0.15, -0.1) is 11.8 Å².